The fraction of sp³-hybridized carbons (Fsp3) is 0. The molecule has 0 aliphatic rings. The standard InChI is InChI=1S/C7H3BrClN3O2/c8-4-2-1-3-5(6(13)14)10-7(9)11-12(3)4/h1-2H,(H,13,14). The van der Waals surface area contributed by atoms with Crippen molar-refractivity contribution in [2.45, 2.75) is 0 Å². The molecule has 0 aromatic carbocycles. The molecule has 2 aromatic heterocycles. The molecule has 7 heteroatoms. The topological polar surface area (TPSA) is 67.5 Å². The van der Waals surface area contributed by atoms with Gasteiger partial charge in [0.05, 0.1) is 5.52 Å². The maximum absolute atomic E-state index is 10.8. The Morgan fingerprint density at radius 1 is 1.57 bits per heavy atom. The maximum Gasteiger partial charge on any atom is 0.356 e. The van der Waals surface area contributed by atoms with E-state index < -0.39 is 5.97 Å². The second-order valence-corrected chi connectivity index (χ2v) is 3.64. The summed E-state index contributed by atoms with van der Waals surface area (Å²) in [5.74, 6) is -1.13. The molecule has 0 atom stereocenters. The van der Waals surface area contributed by atoms with Crippen molar-refractivity contribution in [3.8, 4) is 0 Å². The van der Waals surface area contributed by atoms with Crippen molar-refractivity contribution < 1.29 is 9.90 Å². The van der Waals surface area contributed by atoms with E-state index in [1.807, 2.05) is 0 Å². The third-order valence-corrected chi connectivity index (χ3v) is 2.40. The van der Waals surface area contributed by atoms with Crippen LogP contribution in [0.5, 0.6) is 0 Å². The Morgan fingerprint density at radius 2 is 2.29 bits per heavy atom. The third-order valence-electron chi connectivity index (χ3n) is 1.64. The van der Waals surface area contributed by atoms with E-state index in [0.29, 0.717) is 10.1 Å². The zero-order valence-electron chi connectivity index (χ0n) is 6.61. The summed E-state index contributed by atoms with van der Waals surface area (Å²) in [5.41, 5.74) is 0.282. The highest BCUT2D eigenvalue weighted by Crippen LogP contribution is 2.18. The largest absolute Gasteiger partial charge is 0.476 e. The first-order chi connectivity index (χ1) is 6.59. The van der Waals surface area contributed by atoms with E-state index >= 15 is 0 Å². The Balaban J connectivity index is 2.88. The van der Waals surface area contributed by atoms with Crippen molar-refractivity contribution in [3.05, 3.63) is 27.7 Å². The molecule has 0 aliphatic carbocycles. The lowest BCUT2D eigenvalue weighted by Gasteiger charge is -1.99. The minimum Gasteiger partial charge on any atom is -0.476 e. The molecule has 0 bridgehead atoms. The number of fused-ring (bicyclic) bond motifs is 1. The molecule has 14 heavy (non-hydrogen) atoms. The van der Waals surface area contributed by atoms with E-state index in [1.165, 1.54) is 4.52 Å². The van der Waals surface area contributed by atoms with Gasteiger partial charge in [0.25, 0.3) is 0 Å². The highest BCUT2D eigenvalue weighted by molar-refractivity contribution is 9.10. The monoisotopic (exact) mass is 275 g/mol. The molecule has 2 rings (SSSR count). The van der Waals surface area contributed by atoms with Gasteiger partial charge in [-0.15, -0.1) is 5.10 Å². The fourth-order valence-corrected chi connectivity index (χ4v) is 1.66. The lowest BCUT2D eigenvalue weighted by molar-refractivity contribution is 0.0692. The Hall–Kier alpha value is -1.14. The number of carbonyl (C=O) groups is 1. The van der Waals surface area contributed by atoms with E-state index in [-0.39, 0.29) is 11.0 Å². The van der Waals surface area contributed by atoms with Gasteiger partial charge in [-0.05, 0) is 39.7 Å². The second kappa shape index (κ2) is 3.21. The lowest BCUT2D eigenvalue weighted by Crippen LogP contribution is -2.06. The van der Waals surface area contributed by atoms with Crippen molar-refractivity contribution in [3.63, 3.8) is 0 Å². The fourth-order valence-electron chi connectivity index (χ4n) is 1.10. The van der Waals surface area contributed by atoms with Crippen LogP contribution in [-0.4, -0.2) is 25.7 Å². The minimum absolute atomic E-state index is 0.105. The second-order valence-electron chi connectivity index (χ2n) is 2.49. The van der Waals surface area contributed by atoms with Gasteiger partial charge in [-0.2, -0.15) is 0 Å². The molecule has 0 saturated heterocycles. The van der Waals surface area contributed by atoms with E-state index in [0.717, 1.165) is 0 Å². The smallest absolute Gasteiger partial charge is 0.356 e. The number of carboxylic acid groups (broad SMARTS) is 1. The highest BCUT2D eigenvalue weighted by atomic mass is 79.9. The molecule has 0 amide bonds. The van der Waals surface area contributed by atoms with Gasteiger partial charge in [0.15, 0.2) is 5.69 Å². The van der Waals surface area contributed by atoms with Gasteiger partial charge in [0.2, 0.25) is 5.28 Å². The SMILES string of the molecule is O=C(O)c1nc(Cl)nn2c(Br)ccc12. The Kier molecular flexibility index (Phi) is 2.16. The molecule has 0 radical (unpaired) electrons. The van der Waals surface area contributed by atoms with Crippen LogP contribution in [0.3, 0.4) is 0 Å². The van der Waals surface area contributed by atoms with Gasteiger partial charge < -0.3 is 5.11 Å². The van der Waals surface area contributed by atoms with Gasteiger partial charge >= 0.3 is 5.97 Å². The summed E-state index contributed by atoms with van der Waals surface area (Å²) in [6.45, 7) is 0. The molecule has 2 aromatic rings. The summed E-state index contributed by atoms with van der Waals surface area (Å²) in [6.07, 6.45) is 0. The van der Waals surface area contributed by atoms with Crippen LogP contribution in [0.1, 0.15) is 10.5 Å². The van der Waals surface area contributed by atoms with Crippen molar-refractivity contribution >= 4 is 39.0 Å². The summed E-state index contributed by atoms with van der Waals surface area (Å²) in [6, 6.07) is 3.27. The van der Waals surface area contributed by atoms with Crippen LogP contribution in [0, 0.1) is 0 Å². The third kappa shape index (κ3) is 1.36. The first kappa shape index (κ1) is 9.42. The maximum atomic E-state index is 10.8. The summed E-state index contributed by atoms with van der Waals surface area (Å²) in [4.78, 5) is 14.4. The van der Waals surface area contributed by atoms with Crippen LogP contribution < -0.4 is 0 Å². The number of hydrogen-bond donors (Lipinski definition) is 1. The number of nitrogens with zero attached hydrogens (tertiary/aromatic N) is 3. The average Bonchev–Trinajstić information content (AvgIpc) is 2.47. The highest BCUT2D eigenvalue weighted by Gasteiger charge is 2.14. The molecular weight excluding hydrogens is 273 g/mol. The molecule has 0 saturated carbocycles. The van der Waals surface area contributed by atoms with Gasteiger partial charge in [-0.1, -0.05) is 0 Å². The van der Waals surface area contributed by atoms with Crippen LogP contribution in [0.15, 0.2) is 16.7 Å². The van der Waals surface area contributed by atoms with Crippen LogP contribution >= 0.6 is 27.5 Å². The Labute approximate surface area is 91.4 Å². The Bertz CT molecular complexity index is 525. The molecule has 0 aliphatic heterocycles. The van der Waals surface area contributed by atoms with Gasteiger partial charge in [0, 0.05) is 0 Å². The van der Waals surface area contributed by atoms with Crippen molar-refractivity contribution in [2.24, 2.45) is 0 Å². The zero-order chi connectivity index (χ0) is 10.3. The lowest BCUT2D eigenvalue weighted by atomic mass is 10.4. The van der Waals surface area contributed by atoms with Crippen molar-refractivity contribution in [2.75, 3.05) is 0 Å². The predicted molar refractivity (Wildman–Crippen MR) is 52.7 cm³/mol. The average molecular weight is 276 g/mol. The zero-order valence-corrected chi connectivity index (χ0v) is 8.95. The van der Waals surface area contributed by atoms with E-state index in [4.69, 9.17) is 16.7 Å². The number of carboxylic acids is 1. The van der Waals surface area contributed by atoms with Crippen molar-refractivity contribution in [1.82, 2.24) is 14.6 Å². The summed E-state index contributed by atoms with van der Waals surface area (Å²) >= 11 is 8.77. The first-order valence-corrected chi connectivity index (χ1v) is 4.71. The molecule has 0 unspecified atom stereocenters. The number of aromatic carboxylic acids is 1. The number of rotatable bonds is 1. The predicted octanol–water partition coefficient (Wildman–Crippen LogP) is 1.84. The Morgan fingerprint density at radius 3 is 2.93 bits per heavy atom. The van der Waals surface area contributed by atoms with Gasteiger partial charge in [-0.3, -0.25) is 0 Å². The molecule has 72 valence electrons. The summed E-state index contributed by atoms with van der Waals surface area (Å²) in [7, 11) is 0. The first-order valence-electron chi connectivity index (χ1n) is 3.53. The van der Waals surface area contributed by atoms with Crippen LogP contribution in [0.4, 0.5) is 0 Å². The van der Waals surface area contributed by atoms with Crippen LogP contribution in [0.2, 0.25) is 5.28 Å². The van der Waals surface area contributed by atoms with Crippen molar-refractivity contribution in [1.29, 1.82) is 0 Å². The number of hydrogen-bond acceptors (Lipinski definition) is 3. The number of aromatic nitrogens is 3. The van der Waals surface area contributed by atoms with E-state index in [9.17, 15) is 4.79 Å². The molecule has 5 nitrogen and oxygen atoms in total. The molecule has 0 fully saturated rings. The van der Waals surface area contributed by atoms with E-state index in [1.54, 1.807) is 12.1 Å². The molecule has 1 N–H and O–H groups in total. The summed E-state index contributed by atoms with van der Waals surface area (Å²) in [5, 5.41) is 12.6. The molecule has 2 heterocycles. The van der Waals surface area contributed by atoms with Gasteiger partial charge in [0.1, 0.15) is 4.60 Å². The molecular formula is C7H3BrClN3O2. The minimum atomic E-state index is -1.13. The van der Waals surface area contributed by atoms with Crippen LogP contribution in [0.25, 0.3) is 5.52 Å². The normalized spacial score (nSPS) is 10.7. The molecule has 0 spiro atoms. The summed E-state index contributed by atoms with van der Waals surface area (Å²) < 4.78 is 2.00. The van der Waals surface area contributed by atoms with E-state index in [2.05, 4.69) is 26.0 Å². The number of halogens is 2. The van der Waals surface area contributed by atoms with Gasteiger partial charge in [-0.25, -0.2) is 14.3 Å². The van der Waals surface area contributed by atoms with Crippen LogP contribution in [-0.2, 0) is 0 Å². The quantitative estimate of drug-likeness (QED) is 0.863.